The summed E-state index contributed by atoms with van der Waals surface area (Å²) in [5.74, 6) is 0.563. The smallest absolute Gasteiger partial charge is 0.151 e. The molecule has 1 N–H and O–H groups in total. The molecule has 0 spiro atoms. The van der Waals surface area contributed by atoms with Crippen molar-refractivity contribution in [3.8, 4) is 0 Å². The molecule has 5 heteroatoms. The van der Waals surface area contributed by atoms with Crippen molar-refractivity contribution in [3.63, 3.8) is 0 Å². The third-order valence-corrected chi connectivity index (χ3v) is 3.03. The monoisotopic (exact) mass is 288 g/mol. The molecule has 0 amide bonds. The van der Waals surface area contributed by atoms with Gasteiger partial charge in [0.15, 0.2) is 4.60 Å². The van der Waals surface area contributed by atoms with Gasteiger partial charge >= 0.3 is 0 Å². The predicted molar refractivity (Wildman–Crippen MR) is 69.3 cm³/mol. The Kier molecular flexibility index (Phi) is 4.50. The van der Waals surface area contributed by atoms with Crippen LogP contribution >= 0.6 is 15.9 Å². The Hall–Kier alpha value is -0.420. The zero-order chi connectivity index (χ0) is 12.3. The van der Waals surface area contributed by atoms with E-state index >= 15 is 0 Å². The zero-order valence-corrected chi connectivity index (χ0v) is 12.3. The Labute approximate surface area is 106 Å². The molecule has 1 rings (SSSR count). The number of nitrogens with one attached hydrogen (secondary N) is 1. The second-order valence-electron chi connectivity index (χ2n) is 5.39. The normalized spacial score (nSPS) is 14.1. The van der Waals surface area contributed by atoms with Gasteiger partial charge in [0.2, 0.25) is 0 Å². The van der Waals surface area contributed by atoms with E-state index in [1.807, 2.05) is 11.7 Å². The molecule has 0 fully saturated rings. The summed E-state index contributed by atoms with van der Waals surface area (Å²) in [6.07, 6.45) is 0.979. The number of halogens is 1. The van der Waals surface area contributed by atoms with Crippen LogP contribution in [0.4, 0.5) is 0 Å². The molecule has 0 saturated heterocycles. The summed E-state index contributed by atoms with van der Waals surface area (Å²) in [5, 5.41) is 11.5. The second-order valence-corrected chi connectivity index (χ2v) is 6.14. The average molecular weight is 289 g/mol. The summed E-state index contributed by atoms with van der Waals surface area (Å²) < 4.78 is 2.69. The van der Waals surface area contributed by atoms with E-state index in [1.54, 1.807) is 0 Å². The molecular weight excluding hydrogens is 268 g/mol. The Morgan fingerprint density at radius 3 is 2.50 bits per heavy atom. The number of hydrogen-bond acceptors (Lipinski definition) is 3. The molecule has 92 valence electrons. The van der Waals surface area contributed by atoms with Crippen molar-refractivity contribution in [3.05, 3.63) is 10.3 Å². The van der Waals surface area contributed by atoms with Crippen molar-refractivity contribution in [1.29, 1.82) is 0 Å². The van der Waals surface area contributed by atoms with Gasteiger partial charge < -0.3 is 5.32 Å². The lowest BCUT2D eigenvalue weighted by Crippen LogP contribution is -2.39. The molecule has 16 heavy (non-hydrogen) atoms. The maximum absolute atomic E-state index is 3.99. The first kappa shape index (κ1) is 13.6. The fourth-order valence-electron chi connectivity index (χ4n) is 1.45. The Balaban J connectivity index is 2.49. The van der Waals surface area contributed by atoms with E-state index in [9.17, 15) is 0 Å². The van der Waals surface area contributed by atoms with Crippen LogP contribution in [0.1, 0.15) is 33.4 Å². The number of rotatable bonds is 4. The number of aryl methyl sites for hydroxylation is 1. The van der Waals surface area contributed by atoms with E-state index in [4.69, 9.17) is 0 Å². The standard InChI is InChI=1S/C11H21BrN4/c1-8(7-13-11(2,3)4)6-9-10(12)14-15-16(9)5/h8,13H,6-7H2,1-5H3. The number of hydrogen-bond donors (Lipinski definition) is 1. The molecule has 0 aliphatic rings. The largest absolute Gasteiger partial charge is 0.312 e. The molecule has 0 aliphatic heterocycles. The van der Waals surface area contributed by atoms with E-state index in [0.717, 1.165) is 23.3 Å². The molecule has 1 aromatic heterocycles. The second kappa shape index (κ2) is 5.27. The Morgan fingerprint density at radius 2 is 2.06 bits per heavy atom. The maximum Gasteiger partial charge on any atom is 0.151 e. The first-order valence-electron chi connectivity index (χ1n) is 5.58. The highest BCUT2D eigenvalue weighted by Crippen LogP contribution is 2.16. The third-order valence-electron chi connectivity index (χ3n) is 2.42. The molecule has 0 bridgehead atoms. The Bertz CT molecular complexity index is 321. The SMILES string of the molecule is CC(CNC(C)(C)C)Cc1c(Br)nnn1C. The van der Waals surface area contributed by atoms with Gasteiger partial charge in [-0.2, -0.15) is 0 Å². The summed E-state index contributed by atoms with van der Waals surface area (Å²) in [4.78, 5) is 0. The van der Waals surface area contributed by atoms with Crippen molar-refractivity contribution < 1.29 is 0 Å². The van der Waals surface area contributed by atoms with Gasteiger partial charge in [-0.3, -0.25) is 4.68 Å². The molecule has 1 atom stereocenters. The number of nitrogens with zero attached hydrogens (tertiary/aromatic N) is 3. The highest BCUT2D eigenvalue weighted by atomic mass is 79.9. The molecule has 0 aliphatic carbocycles. The van der Waals surface area contributed by atoms with E-state index < -0.39 is 0 Å². The maximum atomic E-state index is 3.99. The summed E-state index contributed by atoms with van der Waals surface area (Å²) >= 11 is 3.42. The summed E-state index contributed by atoms with van der Waals surface area (Å²) in [6.45, 7) is 9.78. The minimum Gasteiger partial charge on any atom is -0.312 e. The summed E-state index contributed by atoms with van der Waals surface area (Å²) in [5.41, 5.74) is 1.33. The summed E-state index contributed by atoms with van der Waals surface area (Å²) in [7, 11) is 1.93. The number of aromatic nitrogens is 3. The van der Waals surface area contributed by atoms with Crippen LogP contribution in [0.3, 0.4) is 0 Å². The van der Waals surface area contributed by atoms with Crippen molar-refractivity contribution >= 4 is 15.9 Å². The van der Waals surface area contributed by atoms with Crippen molar-refractivity contribution in [2.75, 3.05) is 6.54 Å². The third kappa shape index (κ3) is 4.22. The first-order valence-corrected chi connectivity index (χ1v) is 6.38. The van der Waals surface area contributed by atoms with E-state index in [0.29, 0.717) is 5.92 Å². The van der Waals surface area contributed by atoms with Crippen LogP contribution in [0.5, 0.6) is 0 Å². The lowest BCUT2D eigenvalue weighted by Gasteiger charge is -2.23. The lowest BCUT2D eigenvalue weighted by molar-refractivity contribution is 0.378. The fourth-order valence-corrected chi connectivity index (χ4v) is 1.94. The molecule has 1 heterocycles. The van der Waals surface area contributed by atoms with Gasteiger partial charge in [0.05, 0.1) is 5.69 Å². The van der Waals surface area contributed by atoms with Crippen LogP contribution in [0, 0.1) is 5.92 Å². The average Bonchev–Trinajstić information content (AvgIpc) is 2.45. The van der Waals surface area contributed by atoms with Gasteiger partial charge in [-0.1, -0.05) is 12.1 Å². The van der Waals surface area contributed by atoms with Gasteiger partial charge in [0.1, 0.15) is 0 Å². The van der Waals surface area contributed by atoms with Gasteiger partial charge in [0, 0.05) is 12.6 Å². The fraction of sp³-hybridized carbons (Fsp3) is 0.818. The van der Waals surface area contributed by atoms with Crippen molar-refractivity contribution in [1.82, 2.24) is 20.3 Å². The highest BCUT2D eigenvalue weighted by Gasteiger charge is 2.15. The molecule has 1 aromatic rings. The van der Waals surface area contributed by atoms with E-state index in [-0.39, 0.29) is 5.54 Å². The van der Waals surface area contributed by atoms with Gasteiger partial charge in [-0.25, -0.2) is 0 Å². The predicted octanol–water partition coefficient (Wildman–Crippen LogP) is 2.14. The topological polar surface area (TPSA) is 42.7 Å². The van der Waals surface area contributed by atoms with Crippen LogP contribution < -0.4 is 5.32 Å². The van der Waals surface area contributed by atoms with Crippen molar-refractivity contribution in [2.24, 2.45) is 13.0 Å². The molecule has 1 unspecified atom stereocenters. The summed E-state index contributed by atoms with van der Waals surface area (Å²) in [6, 6.07) is 0. The van der Waals surface area contributed by atoms with Crippen LogP contribution in [-0.2, 0) is 13.5 Å². The molecular formula is C11H21BrN4. The highest BCUT2D eigenvalue weighted by molar-refractivity contribution is 9.10. The minimum atomic E-state index is 0.177. The van der Waals surface area contributed by atoms with Crippen LogP contribution in [0.15, 0.2) is 4.60 Å². The van der Waals surface area contributed by atoms with Gasteiger partial charge in [0.25, 0.3) is 0 Å². The van der Waals surface area contributed by atoms with Crippen LogP contribution in [-0.4, -0.2) is 27.1 Å². The lowest BCUT2D eigenvalue weighted by atomic mass is 10.0. The van der Waals surface area contributed by atoms with Crippen molar-refractivity contribution in [2.45, 2.75) is 39.7 Å². The quantitative estimate of drug-likeness (QED) is 0.923. The molecule has 0 aromatic carbocycles. The molecule has 0 saturated carbocycles. The zero-order valence-electron chi connectivity index (χ0n) is 10.7. The Morgan fingerprint density at radius 1 is 1.44 bits per heavy atom. The molecule has 4 nitrogen and oxygen atoms in total. The van der Waals surface area contributed by atoms with E-state index in [1.165, 1.54) is 0 Å². The van der Waals surface area contributed by atoms with E-state index in [2.05, 4.69) is 59.3 Å². The van der Waals surface area contributed by atoms with Gasteiger partial charge in [-0.15, -0.1) is 5.10 Å². The first-order chi connectivity index (χ1) is 7.29. The minimum absolute atomic E-state index is 0.177. The van der Waals surface area contributed by atoms with Crippen LogP contribution in [0.25, 0.3) is 0 Å². The van der Waals surface area contributed by atoms with Crippen LogP contribution in [0.2, 0.25) is 0 Å². The molecule has 0 radical (unpaired) electrons. The van der Waals surface area contributed by atoms with Gasteiger partial charge in [-0.05, 0) is 55.6 Å².